The Hall–Kier alpha value is 0. The molecule has 0 saturated heterocycles. The van der Waals surface area contributed by atoms with Gasteiger partial charge in [0.2, 0.25) is 0 Å². The van der Waals surface area contributed by atoms with Gasteiger partial charge >= 0.3 is 0 Å². The van der Waals surface area contributed by atoms with Crippen LogP contribution in [0.2, 0.25) is 0 Å². The highest BCUT2D eigenvalue weighted by molar-refractivity contribution is 5.12. The second-order valence-electron chi connectivity index (χ2n) is 5.95. The molecule has 4 unspecified atom stereocenters. The fourth-order valence-corrected chi connectivity index (χ4v) is 4.19. The molecule has 0 heterocycles. The first kappa shape index (κ1) is 8.32. The van der Waals surface area contributed by atoms with Crippen LogP contribution in [0.4, 0.5) is 0 Å². The molecule has 0 aromatic rings. The highest BCUT2D eigenvalue weighted by Gasteiger charge is 2.62. The second-order valence-corrected chi connectivity index (χ2v) is 5.95. The number of hydrogen-bond acceptors (Lipinski definition) is 0. The molecule has 3 saturated carbocycles. The van der Waals surface area contributed by atoms with Crippen LogP contribution in [-0.2, 0) is 0 Å². The molecule has 0 radical (unpaired) electrons. The van der Waals surface area contributed by atoms with E-state index in [1.807, 2.05) is 0 Å². The van der Waals surface area contributed by atoms with Gasteiger partial charge in [0.15, 0.2) is 0 Å². The fraction of sp³-hybridized carbons (Fsp3) is 1.00. The highest BCUT2D eigenvalue weighted by atomic mass is 14.7. The molecular weight excluding hydrogens is 156 g/mol. The molecule has 0 heteroatoms. The summed E-state index contributed by atoms with van der Waals surface area (Å²) in [5.74, 6) is 4.47. The van der Waals surface area contributed by atoms with Gasteiger partial charge in [0.05, 0.1) is 0 Å². The summed E-state index contributed by atoms with van der Waals surface area (Å²) in [4.78, 5) is 0. The van der Waals surface area contributed by atoms with Crippen LogP contribution in [0.1, 0.15) is 52.4 Å². The summed E-state index contributed by atoms with van der Waals surface area (Å²) in [5.41, 5.74) is 0.928. The van der Waals surface area contributed by atoms with E-state index in [0.29, 0.717) is 0 Å². The van der Waals surface area contributed by atoms with E-state index in [1.165, 1.54) is 18.8 Å². The van der Waals surface area contributed by atoms with Gasteiger partial charge in [-0.05, 0) is 54.8 Å². The number of hydrogen-bond donors (Lipinski definition) is 0. The first-order chi connectivity index (χ1) is 6.27. The van der Waals surface area contributed by atoms with Gasteiger partial charge in [-0.25, -0.2) is 0 Å². The summed E-state index contributed by atoms with van der Waals surface area (Å²) in [6, 6.07) is 0. The van der Waals surface area contributed by atoms with E-state index in [9.17, 15) is 0 Å². The maximum atomic E-state index is 2.51. The maximum Gasteiger partial charge on any atom is -0.0263 e. The van der Waals surface area contributed by atoms with Gasteiger partial charge in [0.1, 0.15) is 0 Å². The van der Waals surface area contributed by atoms with Crippen molar-refractivity contribution in [3.8, 4) is 0 Å². The van der Waals surface area contributed by atoms with Crippen molar-refractivity contribution in [1.29, 1.82) is 0 Å². The van der Waals surface area contributed by atoms with Gasteiger partial charge < -0.3 is 0 Å². The summed E-state index contributed by atoms with van der Waals surface area (Å²) in [7, 11) is 0. The molecule has 13 heavy (non-hydrogen) atoms. The normalized spacial score (nSPS) is 51.2. The van der Waals surface area contributed by atoms with Crippen LogP contribution < -0.4 is 0 Å². The van der Waals surface area contributed by atoms with Crippen molar-refractivity contribution in [2.75, 3.05) is 0 Å². The summed E-state index contributed by atoms with van der Waals surface area (Å²) in [6.07, 6.45) is 9.31. The monoisotopic (exact) mass is 178 g/mol. The molecule has 0 N–H and O–H groups in total. The molecule has 3 fully saturated rings. The third kappa shape index (κ3) is 0.980. The lowest BCUT2D eigenvalue weighted by atomic mass is 9.60. The molecule has 0 aromatic carbocycles. The van der Waals surface area contributed by atoms with Gasteiger partial charge in [0.25, 0.3) is 0 Å². The van der Waals surface area contributed by atoms with E-state index >= 15 is 0 Å². The van der Waals surface area contributed by atoms with Crippen LogP contribution in [0, 0.1) is 29.1 Å². The quantitative estimate of drug-likeness (QED) is 0.602. The number of rotatable bonds is 2. The Morgan fingerprint density at radius 1 is 1.31 bits per heavy atom. The van der Waals surface area contributed by atoms with Crippen molar-refractivity contribution in [3.63, 3.8) is 0 Å². The zero-order valence-electron chi connectivity index (χ0n) is 9.05. The zero-order chi connectivity index (χ0) is 9.05. The standard InChI is InChI=1S/C13H22/c1-3-10-7-11(9(10)2)12-8-13(12)5-4-6-13/h9-12H,3-8H2,1-2H3. The van der Waals surface area contributed by atoms with Crippen molar-refractivity contribution >= 4 is 0 Å². The lowest BCUT2D eigenvalue weighted by Crippen LogP contribution is -2.37. The molecule has 1 spiro atoms. The van der Waals surface area contributed by atoms with Crippen molar-refractivity contribution in [3.05, 3.63) is 0 Å². The summed E-state index contributed by atoms with van der Waals surface area (Å²) in [5, 5.41) is 0. The van der Waals surface area contributed by atoms with Crippen LogP contribution in [0.15, 0.2) is 0 Å². The summed E-state index contributed by atoms with van der Waals surface area (Å²) in [6.45, 7) is 4.87. The van der Waals surface area contributed by atoms with E-state index in [4.69, 9.17) is 0 Å². The van der Waals surface area contributed by atoms with E-state index in [2.05, 4.69) is 13.8 Å². The second kappa shape index (κ2) is 2.52. The summed E-state index contributed by atoms with van der Waals surface area (Å²) < 4.78 is 0. The topological polar surface area (TPSA) is 0 Å². The third-order valence-electron chi connectivity index (χ3n) is 5.64. The molecule has 3 rings (SSSR count). The van der Waals surface area contributed by atoms with Gasteiger partial charge in [-0.15, -0.1) is 0 Å². The Morgan fingerprint density at radius 2 is 2.08 bits per heavy atom. The molecule has 0 bridgehead atoms. The fourth-order valence-electron chi connectivity index (χ4n) is 4.19. The Kier molecular flexibility index (Phi) is 1.61. The van der Waals surface area contributed by atoms with Crippen LogP contribution in [-0.4, -0.2) is 0 Å². The molecule has 3 aliphatic carbocycles. The van der Waals surface area contributed by atoms with Crippen molar-refractivity contribution in [2.24, 2.45) is 29.1 Å². The van der Waals surface area contributed by atoms with Crippen LogP contribution >= 0.6 is 0 Å². The van der Waals surface area contributed by atoms with Gasteiger partial charge in [-0.1, -0.05) is 26.7 Å². The van der Waals surface area contributed by atoms with Crippen molar-refractivity contribution in [1.82, 2.24) is 0 Å². The van der Waals surface area contributed by atoms with Crippen LogP contribution in [0.25, 0.3) is 0 Å². The molecular formula is C13H22. The lowest BCUT2D eigenvalue weighted by molar-refractivity contribution is 0.0419. The van der Waals surface area contributed by atoms with E-state index in [0.717, 1.165) is 23.2 Å². The minimum atomic E-state index is 0.928. The third-order valence-corrected chi connectivity index (χ3v) is 5.64. The minimum absolute atomic E-state index is 0.928. The lowest BCUT2D eigenvalue weighted by Gasteiger charge is -2.45. The highest BCUT2D eigenvalue weighted by Crippen LogP contribution is 2.72. The average molecular weight is 178 g/mol. The van der Waals surface area contributed by atoms with Crippen LogP contribution in [0.3, 0.4) is 0 Å². The molecule has 0 aromatic heterocycles. The van der Waals surface area contributed by atoms with Gasteiger partial charge in [0, 0.05) is 0 Å². The minimum Gasteiger partial charge on any atom is -0.0651 e. The molecule has 0 nitrogen and oxygen atoms in total. The van der Waals surface area contributed by atoms with Crippen molar-refractivity contribution in [2.45, 2.75) is 52.4 Å². The van der Waals surface area contributed by atoms with Gasteiger partial charge in [-0.3, -0.25) is 0 Å². The van der Waals surface area contributed by atoms with E-state index < -0.39 is 0 Å². The molecule has 0 aliphatic heterocycles. The predicted octanol–water partition coefficient (Wildman–Crippen LogP) is 3.86. The van der Waals surface area contributed by atoms with Gasteiger partial charge in [-0.2, -0.15) is 0 Å². The van der Waals surface area contributed by atoms with Crippen LogP contribution in [0.5, 0.6) is 0 Å². The predicted molar refractivity (Wildman–Crippen MR) is 55.4 cm³/mol. The first-order valence-corrected chi connectivity index (χ1v) is 6.27. The Labute approximate surface area is 82.1 Å². The maximum absolute atomic E-state index is 2.51. The zero-order valence-corrected chi connectivity index (χ0v) is 9.05. The molecule has 3 aliphatic rings. The molecule has 74 valence electrons. The van der Waals surface area contributed by atoms with E-state index in [1.54, 1.807) is 25.7 Å². The summed E-state index contributed by atoms with van der Waals surface area (Å²) >= 11 is 0. The molecule has 0 amide bonds. The van der Waals surface area contributed by atoms with Crippen molar-refractivity contribution < 1.29 is 0 Å². The Morgan fingerprint density at radius 3 is 2.46 bits per heavy atom. The Bertz CT molecular complexity index is 214. The SMILES string of the molecule is CCC1CC(C2CC23CCC3)C1C. The largest absolute Gasteiger partial charge is 0.0651 e. The Balaban J connectivity index is 1.58. The first-order valence-electron chi connectivity index (χ1n) is 6.27. The van der Waals surface area contributed by atoms with E-state index in [-0.39, 0.29) is 0 Å². The average Bonchev–Trinajstić information content (AvgIpc) is 2.77. The smallest absolute Gasteiger partial charge is 0.0263 e. The molecule has 4 atom stereocenters.